The molecular weight excluding hydrogens is 351 g/mol. The van der Waals surface area contributed by atoms with Crippen LogP contribution in [0.1, 0.15) is 28.9 Å². The second-order valence-corrected chi connectivity index (χ2v) is 5.62. The van der Waals surface area contributed by atoms with E-state index in [1.807, 2.05) is 55.5 Å². The van der Waals surface area contributed by atoms with Crippen LogP contribution in [0.15, 0.2) is 48.5 Å². The lowest BCUT2D eigenvalue weighted by Gasteiger charge is -2.14. The monoisotopic (exact) mass is 366 g/mol. The number of amides is 1. The molecule has 1 unspecified atom stereocenters. The van der Waals surface area contributed by atoms with Crippen LogP contribution in [-0.4, -0.2) is 5.91 Å². The summed E-state index contributed by atoms with van der Waals surface area (Å²) in [5.74, 6) is -0.0668. The Balaban J connectivity index is 2.08. The smallest absolute Gasteiger partial charge is 0.251 e. The number of benzene rings is 2. The van der Waals surface area contributed by atoms with Crippen molar-refractivity contribution in [2.45, 2.75) is 13.0 Å². The molecule has 2 rings (SSSR count). The van der Waals surface area contributed by atoms with Crippen molar-refractivity contribution in [3.8, 4) is 0 Å². The molecule has 0 fully saturated rings. The van der Waals surface area contributed by atoms with E-state index in [0.29, 0.717) is 5.56 Å². The molecule has 0 radical (unpaired) electrons. The highest BCUT2D eigenvalue weighted by atomic mass is 127. The average molecular weight is 366 g/mol. The van der Waals surface area contributed by atoms with Gasteiger partial charge in [-0.25, -0.2) is 0 Å². The Hall–Kier alpha value is -1.56. The first kappa shape index (κ1) is 13.9. The van der Waals surface area contributed by atoms with Crippen LogP contribution < -0.4 is 11.1 Å². The Morgan fingerprint density at radius 1 is 1.21 bits per heavy atom. The quantitative estimate of drug-likeness (QED) is 0.647. The van der Waals surface area contributed by atoms with Gasteiger partial charge >= 0.3 is 0 Å². The number of hydrogen-bond acceptors (Lipinski definition) is 2. The van der Waals surface area contributed by atoms with Gasteiger partial charge < -0.3 is 11.1 Å². The van der Waals surface area contributed by atoms with E-state index in [1.165, 1.54) is 0 Å². The van der Waals surface area contributed by atoms with Crippen molar-refractivity contribution in [2.75, 3.05) is 5.73 Å². The fourth-order valence-electron chi connectivity index (χ4n) is 1.78. The Labute approximate surface area is 126 Å². The number of halogens is 1. The highest BCUT2D eigenvalue weighted by Crippen LogP contribution is 2.15. The van der Waals surface area contributed by atoms with Gasteiger partial charge in [0, 0.05) is 14.8 Å². The summed E-state index contributed by atoms with van der Waals surface area (Å²) in [4.78, 5) is 12.1. The first-order valence-corrected chi connectivity index (χ1v) is 7.06. The summed E-state index contributed by atoms with van der Waals surface area (Å²) in [6, 6.07) is 15.0. The zero-order valence-electron chi connectivity index (χ0n) is 10.6. The molecule has 0 aliphatic rings. The molecule has 2 aromatic rings. The maximum atomic E-state index is 12.1. The van der Waals surface area contributed by atoms with E-state index >= 15 is 0 Å². The van der Waals surface area contributed by atoms with Gasteiger partial charge in [-0.2, -0.15) is 0 Å². The van der Waals surface area contributed by atoms with Crippen LogP contribution in [0.4, 0.5) is 5.69 Å². The molecule has 0 spiro atoms. The van der Waals surface area contributed by atoms with Crippen LogP contribution in [0, 0.1) is 3.57 Å². The van der Waals surface area contributed by atoms with Gasteiger partial charge in [-0.05, 0) is 65.4 Å². The van der Waals surface area contributed by atoms with Crippen LogP contribution in [-0.2, 0) is 0 Å². The zero-order valence-corrected chi connectivity index (χ0v) is 12.7. The Bertz CT molecular complexity index is 581. The molecule has 4 heteroatoms. The van der Waals surface area contributed by atoms with E-state index in [-0.39, 0.29) is 11.9 Å². The molecule has 0 aliphatic heterocycles. The molecule has 0 aliphatic carbocycles. The molecule has 1 amide bonds. The van der Waals surface area contributed by atoms with Gasteiger partial charge in [0.05, 0.1) is 6.04 Å². The summed E-state index contributed by atoms with van der Waals surface area (Å²) in [6.07, 6.45) is 0. The predicted octanol–water partition coefficient (Wildman–Crippen LogP) is 3.36. The van der Waals surface area contributed by atoms with E-state index < -0.39 is 0 Å². The molecule has 0 bridgehead atoms. The van der Waals surface area contributed by atoms with Crippen molar-refractivity contribution >= 4 is 34.2 Å². The van der Waals surface area contributed by atoms with E-state index in [9.17, 15) is 4.79 Å². The van der Waals surface area contributed by atoms with Crippen LogP contribution in [0.5, 0.6) is 0 Å². The standard InChI is InChI=1S/C15H15IN2O/c1-10(11-5-7-14(17)8-6-11)18-15(19)12-3-2-4-13(16)9-12/h2-10H,17H2,1H3,(H,18,19). The molecule has 0 saturated carbocycles. The van der Waals surface area contributed by atoms with Gasteiger partial charge in [0.25, 0.3) is 5.91 Å². The molecule has 98 valence electrons. The minimum atomic E-state index is -0.0668. The number of carbonyl (C=O) groups excluding carboxylic acids is 1. The topological polar surface area (TPSA) is 55.1 Å². The van der Waals surface area contributed by atoms with Gasteiger partial charge in [-0.15, -0.1) is 0 Å². The minimum Gasteiger partial charge on any atom is -0.399 e. The Kier molecular flexibility index (Phi) is 4.42. The van der Waals surface area contributed by atoms with Crippen molar-refractivity contribution in [3.05, 3.63) is 63.2 Å². The van der Waals surface area contributed by atoms with Gasteiger partial charge in [0.15, 0.2) is 0 Å². The fourth-order valence-corrected chi connectivity index (χ4v) is 2.32. The van der Waals surface area contributed by atoms with Crippen LogP contribution in [0.3, 0.4) is 0 Å². The number of nitrogens with one attached hydrogen (secondary N) is 1. The second kappa shape index (κ2) is 6.06. The molecular formula is C15H15IN2O. The number of rotatable bonds is 3. The van der Waals surface area contributed by atoms with E-state index in [4.69, 9.17) is 5.73 Å². The Morgan fingerprint density at radius 2 is 1.89 bits per heavy atom. The first-order valence-electron chi connectivity index (χ1n) is 5.98. The van der Waals surface area contributed by atoms with Crippen LogP contribution in [0.2, 0.25) is 0 Å². The average Bonchev–Trinajstić information content (AvgIpc) is 2.39. The molecule has 19 heavy (non-hydrogen) atoms. The van der Waals surface area contributed by atoms with E-state index in [2.05, 4.69) is 27.9 Å². The van der Waals surface area contributed by atoms with Crippen molar-refractivity contribution in [2.24, 2.45) is 0 Å². The number of nitrogen functional groups attached to an aromatic ring is 1. The predicted molar refractivity (Wildman–Crippen MR) is 85.9 cm³/mol. The second-order valence-electron chi connectivity index (χ2n) is 4.37. The van der Waals surface area contributed by atoms with Crippen molar-refractivity contribution in [1.29, 1.82) is 0 Å². The van der Waals surface area contributed by atoms with E-state index in [1.54, 1.807) is 0 Å². The van der Waals surface area contributed by atoms with Crippen molar-refractivity contribution < 1.29 is 4.79 Å². The van der Waals surface area contributed by atoms with Gasteiger partial charge in [0.1, 0.15) is 0 Å². The third-order valence-corrected chi connectivity index (χ3v) is 3.54. The van der Waals surface area contributed by atoms with Gasteiger partial charge in [0.2, 0.25) is 0 Å². The summed E-state index contributed by atoms with van der Waals surface area (Å²) < 4.78 is 1.05. The fraction of sp³-hybridized carbons (Fsp3) is 0.133. The number of hydrogen-bond donors (Lipinski definition) is 2. The van der Waals surface area contributed by atoms with Gasteiger partial charge in [-0.1, -0.05) is 18.2 Å². The third-order valence-electron chi connectivity index (χ3n) is 2.87. The van der Waals surface area contributed by atoms with Crippen LogP contribution in [0.25, 0.3) is 0 Å². The third kappa shape index (κ3) is 3.70. The number of nitrogens with two attached hydrogens (primary N) is 1. The highest BCUT2D eigenvalue weighted by Gasteiger charge is 2.11. The lowest BCUT2D eigenvalue weighted by Crippen LogP contribution is -2.26. The van der Waals surface area contributed by atoms with Crippen molar-refractivity contribution in [1.82, 2.24) is 5.32 Å². The molecule has 3 N–H and O–H groups in total. The lowest BCUT2D eigenvalue weighted by atomic mass is 10.1. The Morgan fingerprint density at radius 3 is 2.53 bits per heavy atom. The number of carbonyl (C=O) groups is 1. The van der Waals surface area contributed by atoms with Gasteiger partial charge in [-0.3, -0.25) is 4.79 Å². The molecule has 1 atom stereocenters. The maximum Gasteiger partial charge on any atom is 0.251 e. The molecule has 0 heterocycles. The lowest BCUT2D eigenvalue weighted by molar-refractivity contribution is 0.0940. The number of anilines is 1. The summed E-state index contributed by atoms with van der Waals surface area (Å²) in [7, 11) is 0. The normalized spacial score (nSPS) is 11.9. The summed E-state index contributed by atoms with van der Waals surface area (Å²) in [5, 5.41) is 2.98. The molecule has 2 aromatic carbocycles. The summed E-state index contributed by atoms with van der Waals surface area (Å²) in [6.45, 7) is 1.96. The highest BCUT2D eigenvalue weighted by molar-refractivity contribution is 14.1. The SMILES string of the molecule is CC(NC(=O)c1cccc(I)c1)c1ccc(N)cc1. The molecule has 0 saturated heterocycles. The van der Waals surface area contributed by atoms with E-state index in [0.717, 1.165) is 14.8 Å². The molecule has 0 aromatic heterocycles. The zero-order chi connectivity index (χ0) is 13.8. The summed E-state index contributed by atoms with van der Waals surface area (Å²) in [5.41, 5.74) is 8.08. The van der Waals surface area contributed by atoms with Crippen molar-refractivity contribution in [3.63, 3.8) is 0 Å². The largest absolute Gasteiger partial charge is 0.399 e. The first-order chi connectivity index (χ1) is 9.06. The maximum absolute atomic E-state index is 12.1. The van der Waals surface area contributed by atoms with Crippen LogP contribution >= 0.6 is 22.6 Å². The molecule has 3 nitrogen and oxygen atoms in total. The minimum absolute atomic E-state index is 0.0500. The summed E-state index contributed by atoms with van der Waals surface area (Å²) >= 11 is 2.19.